The molecule has 0 radical (unpaired) electrons. The second kappa shape index (κ2) is 7.21. The molecule has 0 N–H and O–H groups in total. The number of hydrogen-bond donors (Lipinski definition) is 0. The molecule has 0 unspecified atom stereocenters. The summed E-state index contributed by atoms with van der Waals surface area (Å²) in [6.07, 6.45) is 1.96. The first-order valence-corrected chi connectivity index (χ1v) is 8.33. The fourth-order valence-corrected chi connectivity index (χ4v) is 2.92. The number of carbonyl (C=O) groups excluding carboxylic acids is 1. The van der Waals surface area contributed by atoms with Crippen molar-refractivity contribution in [3.8, 4) is 0 Å². The van der Waals surface area contributed by atoms with Gasteiger partial charge in [-0.1, -0.05) is 41.4 Å². The Kier molecular flexibility index (Phi) is 5.57. The predicted molar refractivity (Wildman–Crippen MR) is 90.5 cm³/mol. The summed E-state index contributed by atoms with van der Waals surface area (Å²) in [5.74, 6) is -0.00831. The number of halogens is 2. The van der Waals surface area contributed by atoms with E-state index in [4.69, 9.17) is 23.2 Å². The van der Waals surface area contributed by atoms with Gasteiger partial charge in [-0.2, -0.15) is 0 Å². The van der Waals surface area contributed by atoms with E-state index in [-0.39, 0.29) is 5.91 Å². The van der Waals surface area contributed by atoms with E-state index in [0.717, 1.165) is 10.5 Å². The molecule has 0 saturated carbocycles. The van der Waals surface area contributed by atoms with E-state index in [9.17, 15) is 4.79 Å². The molecule has 0 saturated heterocycles. The zero-order valence-corrected chi connectivity index (χ0v) is 14.1. The van der Waals surface area contributed by atoms with Crippen molar-refractivity contribution in [2.24, 2.45) is 0 Å². The largest absolute Gasteiger partial charge is 0.337 e. The van der Waals surface area contributed by atoms with Gasteiger partial charge in [0.25, 0.3) is 5.91 Å². The lowest BCUT2D eigenvalue weighted by Crippen LogP contribution is -2.26. The summed E-state index contributed by atoms with van der Waals surface area (Å²) in [6, 6.07) is 13.0. The van der Waals surface area contributed by atoms with Crippen molar-refractivity contribution in [3.63, 3.8) is 0 Å². The summed E-state index contributed by atoms with van der Waals surface area (Å²) < 4.78 is 0. The van der Waals surface area contributed by atoms with Crippen LogP contribution in [0.25, 0.3) is 0 Å². The number of rotatable bonds is 4. The number of nitrogens with zero attached hydrogens (tertiary/aromatic N) is 1. The molecule has 0 aliphatic carbocycles. The summed E-state index contributed by atoms with van der Waals surface area (Å²) in [6.45, 7) is 0.485. The van der Waals surface area contributed by atoms with Crippen molar-refractivity contribution in [3.05, 3.63) is 63.6 Å². The van der Waals surface area contributed by atoms with Crippen LogP contribution in [0.1, 0.15) is 15.9 Å². The lowest BCUT2D eigenvalue weighted by atomic mass is 10.1. The third-order valence-corrected chi connectivity index (χ3v) is 4.62. The Balaban J connectivity index is 2.17. The van der Waals surface area contributed by atoms with Crippen LogP contribution in [0.5, 0.6) is 0 Å². The Bertz CT molecular complexity index is 660. The quantitative estimate of drug-likeness (QED) is 0.731. The first-order valence-electron chi connectivity index (χ1n) is 6.35. The van der Waals surface area contributed by atoms with Gasteiger partial charge in [0.15, 0.2) is 0 Å². The summed E-state index contributed by atoms with van der Waals surface area (Å²) in [7, 11) is 1.78. The lowest BCUT2D eigenvalue weighted by molar-refractivity contribution is 0.0781. The van der Waals surface area contributed by atoms with E-state index in [1.807, 2.05) is 36.6 Å². The molecule has 5 heteroatoms. The minimum atomic E-state index is -0.00831. The molecule has 0 aromatic heterocycles. The molecule has 110 valence electrons. The van der Waals surface area contributed by atoms with Crippen molar-refractivity contribution in [1.29, 1.82) is 0 Å². The molecule has 0 spiro atoms. The number of thioether (sulfide) groups is 1. The van der Waals surface area contributed by atoms with Gasteiger partial charge in [0.05, 0.1) is 15.6 Å². The van der Waals surface area contributed by atoms with Gasteiger partial charge < -0.3 is 4.90 Å². The van der Waals surface area contributed by atoms with Crippen LogP contribution in [0.15, 0.2) is 47.4 Å². The molecular weight excluding hydrogens is 325 g/mol. The molecular formula is C16H15Cl2NOS. The van der Waals surface area contributed by atoms with Crippen LogP contribution in [0.2, 0.25) is 10.0 Å². The molecule has 0 bridgehead atoms. The first kappa shape index (κ1) is 16.2. The summed E-state index contributed by atoms with van der Waals surface area (Å²) in [5.41, 5.74) is 1.66. The first-order chi connectivity index (χ1) is 10.0. The maximum atomic E-state index is 12.5. The maximum Gasteiger partial charge on any atom is 0.255 e. The van der Waals surface area contributed by atoms with Crippen molar-refractivity contribution >= 4 is 40.9 Å². The van der Waals surface area contributed by atoms with Crippen LogP contribution < -0.4 is 0 Å². The van der Waals surface area contributed by atoms with Crippen LogP contribution >= 0.6 is 35.0 Å². The molecule has 1 amide bonds. The van der Waals surface area contributed by atoms with E-state index >= 15 is 0 Å². The number of carbonyl (C=O) groups is 1. The van der Waals surface area contributed by atoms with Crippen molar-refractivity contribution in [2.75, 3.05) is 13.3 Å². The average Bonchev–Trinajstić information content (AvgIpc) is 2.50. The molecule has 2 aromatic rings. The maximum absolute atomic E-state index is 12.5. The Morgan fingerprint density at radius 2 is 1.86 bits per heavy atom. The summed E-state index contributed by atoms with van der Waals surface area (Å²) in [4.78, 5) is 15.2. The fourth-order valence-electron chi connectivity index (χ4n) is 2.01. The Labute approximate surface area is 139 Å². The molecule has 0 aliphatic rings. The minimum absolute atomic E-state index is 0.00831. The molecule has 0 atom stereocenters. The number of benzene rings is 2. The van der Waals surface area contributed by atoms with Crippen LogP contribution in [-0.2, 0) is 6.54 Å². The van der Waals surface area contributed by atoms with Gasteiger partial charge in [0.2, 0.25) is 0 Å². The Morgan fingerprint density at radius 3 is 2.52 bits per heavy atom. The highest BCUT2D eigenvalue weighted by Crippen LogP contribution is 2.24. The number of hydrogen-bond acceptors (Lipinski definition) is 2. The lowest BCUT2D eigenvalue weighted by Gasteiger charge is -2.19. The van der Waals surface area contributed by atoms with Gasteiger partial charge >= 0.3 is 0 Å². The zero-order chi connectivity index (χ0) is 15.4. The second-order valence-electron chi connectivity index (χ2n) is 4.61. The van der Waals surface area contributed by atoms with Gasteiger partial charge in [0.1, 0.15) is 0 Å². The normalized spacial score (nSPS) is 10.5. The van der Waals surface area contributed by atoms with E-state index in [1.165, 1.54) is 0 Å². The van der Waals surface area contributed by atoms with Crippen LogP contribution in [-0.4, -0.2) is 24.1 Å². The highest BCUT2D eigenvalue weighted by Gasteiger charge is 2.15. The van der Waals surface area contributed by atoms with E-state index < -0.39 is 0 Å². The third-order valence-electron chi connectivity index (χ3n) is 3.09. The number of amides is 1. The SMILES string of the molecule is CSc1ccccc1C(=O)N(C)Cc1ccc(Cl)c(Cl)c1. The van der Waals surface area contributed by atoms with Gasteiger partial charge in [-0.05, 0) is 36.1 Å². The summed E-state index contributed by atoms with van der Waals surface area (Å²) >= 11 is 13.5. The Morgan fingerprint density at radius 1 is 1.14 bits per heavy atom. The second-order valence-corrected chi connectivity index (χ2v) is 6.27. The molecule has 2 rings (SSSR count). The van der Waals surface area contributed by atoms with Crippen molar-refractivity contribution in [2.45, 2.75) is 11.4 Å². The van der Waals surface area contributed by atoms with Gasteiger partial charge in [-0.3, -0.25) is 4.79 Å². The van der Waals surface area contributed by atoms with E-state index in [0.29, 0.717) is 22.2 Å². The molecule has 0 aliphatic heterocycles. The molecule has 0 heterocycles. The highest BCUT2D eigenvalue weighted by molar-refractivity contribution is 7.98. The zero-order valence-electron chi connectivity index (χ0n) is 11.8. The predicted octanol–water partition coefficient (Wildman–Crippen LogP) is 4.99. The monoisotopic (exact) mass is 339 g/mol. The molecule has 0 fully saturated rings. The standard InChI is InChI=1S/C16H15Cl2NOS/c1-19(10-11-7-8-13(17)14(18)9-11)16(20)12-5-3-4-6-15(12)21-2/h3-9H,10H2,1-2H3. The van der Waals surface area contributed by atoms with Crippen LogP contribution in [0.3, 0.4) is 0 Å². The third kappa shape index (κ3) is 3.94. The topological polar surface area (TPSA) is 20.3 Å². The van der Waals surface area contributed by atoms with Crippen molar-refractivity contribution < 1.29 is 4.79 Å². The molecule has 2 aromatic carbocycles. The highest BCUT2D eigenvalue weighted by atomic mass is 35.5. The fraction of sp³-hybridized carbons (Fsp3) is 0.188. The van der Waals surface area contributed by atoms with Crippen LogP contribution in [0, 0.1) is 0 Å². The molecule has 2 nitrogen and oxygen atoms in total. The summed E-state index contributed by atoms with van der Waals surface area (Å²) in [5, 5.41) is 1.02. The van der Waals surface area contributed by atoms with Gasteiger partial charge in [-0.15, -0.1) is 11.8 Å². The molecule has 21 heavy (non-hydrogen) atoms. The smallest absolute Gasteiger partial charge is 0.255 e. The van der Waals surface area contributed by atoms with E-state index in [1.54, 1.807) is 35.8 Å². The minimum Gasteiger partial charge on any atom is -0.337 e. The van der Waals surface area contributed by atoms with Crippen LogP contribution in [0.4, 0.5) is 0 Å². The van der Waals surface area contributed by atoms with Crippen molar-refractivity contribution in [1.82, 2.24) is 4.90 Å². The van der Waals surface area contributed by atoms with Gasteiger partial charge in [-0.25, -0.2) is 0 Å². The van der Waals surface area contributed by atoms with E-state index in [2.05, 4.69) is 0 Å². The van der Waals surface area contributed by atoms with Gasteiger partial charge in [0, 0.05) is 18.5 Å². The Hall–Kier alpha value is -1.16. The average molecular weight is 340 g/mol.